The third-order valence-electron chi connectivity index (χ3n) is 3.49. The molecule has 0 unspecified atom stereocenters. The van der Waals surface area contributed by atoms with Crippen LogP contribution in [0, 0.1) is 12.7 Å². The van der Waals surface area contributed by atoms with Gasteiger partial charge < -0.3 is 14.6 Å². The molecule has 0 saturated heterocycles. The van der Waals surface area contributed by atoms with Gasteiger partial charge in [0.25, 0.3) is 5.91 Å². The number of anilines is 1. The fourth-order valence-electron chi connectivity index (χ4n) is 2.30. The smallest absolute Gasteiger partial charge is 0.261 e. The van der Waals surface area contributed by atoms with Crippen LogP contribution in [0.25, 0.3) is 11.3 Å². The summed E-state index contributed by atoms with van der Waals surface area (Å²) in [6, 6.07) is 7.45. The van der Waals surface area contributed by atoms with Crippen LogP contribution in [0.3, 0.4) is 0 Å². The molecule has 0 atom stereocenters. The molecule has 0 radical (unpaired) electrons. The van der Waals surface area contributed by atoms with Crippen LogP contribution in [-0.4, -0.2) is 23.2 Å². The Hall–Kier alpha value is -2.93. The molecule has 3 rings (SSSR count). The second kappa shape index (κ2) is 6.90. The Bertz CT molecular complexity index is 905. The van der Waals surface area contributed by atoms with Crippen molar-refractivity contribution >= 4 is 23.2 Å². The van der Waals surface area contributed by atoms with E-state index >= 15 is 0 Å². The maximum atomic E-state index is 14.2. The van der Waals surface area contributed by atoms with Crippen molar-refractivity contribution < 1.29 is 18.4 Å². The number of carbonyl (C=O) groups excluding carboxylic acids is 1. The molecule has 25 heavy (non-hydrogen) atoms. The zero-order chi connectivity index (χ0) is 18.0. The SMILES string of the molecule is COc1ccc(NC(=O)c2c(-c3c(F)cccc3Cl)noc2C)cn1. The first kappa shape index (κ1) is 16.9. The Morgan fingerprint density at radius 3 is 2.76 bits per heavy atom. The molecule has 0 aliphatic rings. The average Bonchev–Trinajstić information content (AvgIpc) is 2.97. The van der Waals surface area contributed by atoms with Crippen LogP contribution in [0.2, 0.25) is 5.02 Å². The van der Waals surface area contributed by atoms with Gasteiger partial charge in [-0.1, -0.05) is 22.8 Å². The van der Waals surface area contributed by atoms with Crippen LogP contribution in [0.5, 0.6) is 5.88 Å². The monoisotopic (exact) mass is 361 g/mol. The number of hydrogen-bond donors (Lipinski definition) is 1. The first-order valence-electron chi connectivity index (χ1n) is 7.23. The fraction of sp³-hybridized carbons (Fsp3) is 0.118. The van der Waals surface area contributed by atoms with Crippen molar-refractivity contribution in [2.45, 2.75) is 6.92 Å². The van der Waals surface area contributed by atoms with Crippen LogP contribution in [0.4, 0.5) is 10.1 Å². The van der Waals surface area contributed by atoms with Crippen molar-refractivity contribution in [3.8, 4) is 17.1 Å². The molecule has 0 aliphatic carbocycles. The molecule has 2 aromatic heterocycles. The molecule has 0 bridgehead atoms. The summed E-state index contributed by atoms with van der Waals surface area (Å²) in [5.41, 5.74) is 0.596. The van der Waals surface area contributed by atoms with E-state index in [0.717, 1.165) is 0 Å². The number of aromatic nitrogens is 2. The summed E-state index contributed by atoms with van der Waals surface area (Å²) in [4.78, 5) is 16.6. The highest BCUT2D eigenvalue weighted by atomic mass is 35.5. The van der Waals surface area contributed by atoms with Crippen LogP contribution in [0.15, 0.2) is 41.1 Å². The van der Waals surface area contributed by atoms with Gasteiger partial charge in [0, 0.05) is 6.07 Å². The van der Waals surface area contributed by atoms with Gasteiger partial charge in [-0.25, -0.2) is 9.37 Å². The van der Waals surface area contributed by atoms with E-state index < -0.39 is 11.7 Å². The van der Waals surface area contributed by atoms with Crippen molar-refractivity contribution in [1.29, 1.82) is 0 Å². The molecule has 2 heterocycles. The third kappa shape index (κ3) is 3.32. The Labute approximate surface area is 147 Å². The van der Waals surface area contributed by atoms with Crippen molar-refractivity contribution in [3.63, 3.8) is 0 Å². The van der Waals surface area contributed by atoms with Crippen molar-refractivity contribution in [2.24, 2.45) is 0 Å². The summed E-state index contributed by atoms with van der Waals surface area (Å²) in [6.07, 6.45) is 1.44. The lowest BCUT2D eigenvalue weighted by Gasteiger charge is -2.07. The van der Waals surface area contributed by atoms with Crippen LogP contribution in [0.1, 0.15) is 16.1 Å². The van der Waals surface area contributed by atoms with Crippen molar-refractivity contribution in [1.82, 2.24) is 10.1 Å². The number of nitrogens with zero attached hydrogens (tertiary/aromatic N) is 2. The quantitative estimate of drug-likeness (QED) is 0.757. The van der Waals surface area contributed by atoms with Gasteiger partial charge in [0.05, 0.1) is 29.6 Å². The summed E-state index contributed by atoms with van der Waals surface area (Å²) in [6.45, 7) is 1.56. The van der Waals surface area contributed by atoms with Crippen LogP contribution >= 0.6 is 11.6 Å². The second-order valence-electron chi connectivity index (χ2n) is 5.10. The molecule has 1 aromatic carbocycles. The molecule has 1 amide bonds. The summed E-state index contributed by atoms with van der Waals surface area (Å²) in [5.74, 6) is -0.452. The molecule has 0 fully saturated rings. The highest BCUT2D eigenvalue weighted by Gasteiger charge is 2.25. The number of hydrogen-bond acceptors (Lipinski definition) is 5. The van der Waals surface area contributed by atoms with Crippen LogP contribution < -0.4 is 10.1 Å². The molecule has 6 nitrogen and oxygen atoms in total. The van der Waals surface area contributed by atoms with E-state index in [2.05, 4.69) is 15.5 Å². The Morgan fingerprint density at radius 2 is 2.12 bits per heavy atom. The minimum atomic E-state index is -0.596. The number of carbonyl (C=O) groups is 1. The van der Waals surface area contributed by atoms with E-state index in [1.165, 1.54) is 31.5 Å². The van der Waals surface area contributed by atoms with E-state index in [0.29, 0.717) is 11.6 Å². The minimum absolute atomic E-state index is 0.0130. The topological polar surface area (TPSA) is 77.2 Å². The summed E-state index contributed by atoms with van der Waals surface area (Å²) in [7, 11) is 1.49. The number of methoxy groups -OCH3 is 1. The van der Waals surface area contributed by atoms with Gasteiger partial charge in [-0.15, -0.1) is 0 Å². The van der Waals surface area contributed by atoms with E-state index in [1.807, 2.05) is 0 Å². The first-order valence-corrected chi connectivity index (χ1v) is 7.61. The Balaban J connectivity index is 1.97. The number of ether oxygens (including phenoxy) is 1. The standard InChI is InChI=1S/C17H13ClFN3O3/c1-9-14(17(23)21-10-6-7-13(24-2)20-8-10)16(22-25-9)15-11(18)4-3-5-12(15)19/h3-8H,1-2H3,(H,21,23). The summed E-state index contributed by atoms with van der Waals surface area (Å²) < 4.78 is 24.2. The maximum Gasteiger partial charge on any atom is 0.261 e. The molecule has 128 valence electrons. The third-order valence-corrected chi connectivity index (χ3v) is 3.81. The van der Waals surface area contributed by atoms with Gasteiger partial charge >= 0.3 is 0 Å². The highest BCUT2D eigenvalue weighted by Crippen LogP contribution is 2.33. The van der Waals surface area contributed by atoms with Gasteiger partial charge in [-0.2, -0.15) is 0 Å². The number of rotatable bonds is 4. The molecular weight excluding hydrogens is 349 g/mol. The predicted molar refractivity (Wildman–Crippen MR) is 90.4 cm³/mol. The van der Waals surface area contributed by atoms with Gasteiger partial charge in [0.15, 0.2) is 0 Å². The number of halogens is 2. The molecule has 0 saturated carbocycles. The zero-order valence-electron chi connectivity index (χ0n) is 13.3. The lowest BCUT2D eigenvalue weighted by atomic mass is 10.0. The van der Waals surface area contributed by atoms with E-state index in [9.17, 15) is 9.18 Å². The average molecular weight is 362 g/mol. The lowest BCUT2D eigenvalue weighted by molar-refractivity contribution is 0.102. The maximum absolute atomic E-state index is 14.2. The first-order chi connectivity index (χ1) is 12.0. The van der Waals surface area contributed by atoms with Crippen molar-refractivity contribution in [2.75, 3.05) is 12.4 Å². The molecule has 3 aromatic rings. The summed E-state index contributed by atoms with van der Waals surface area (Å²) in [5, 5.41) is 6.60. The largest absolute Gasteiger partial charge is 0.481 e. The van der Waals surface area contributed by atoms with Crippen LogP contribution in [-0.2, 0) is 0 Å². The lowest BCUT2D eigenvalue weighted by Crippen LogP contribution is -2.14. The van der Waals surface area contributed by atoms with E-state index in [1.54, 1.807) is 19.1 Å². The molecule has 8 heteroatoms. The number of benzene rings is 1. The molecular formula is C17H13ClFN3O3. The Kier molecular flexibility index (Phi) is 4.67. The van der Waals surface area contributed by atoms with Gasteiger partial charge in [0.1, 0.15) is 22.8 Å². The number of nitrogens with one attached hydrogen (secondary N) is 1. The van der Waals surface area contributed by atoms with Gasteiger partial charge in [0.2, 0.25) is 5.88 Å². The van der Waals surface area contributed by atoms with E-state index in [4.69, 9.17) is 20.9 Å². The normalized spacial score (nSPS) is 10.6. The fourth-order valence-corrected chi connectivity index (χ4v) is 2.56. The minimum Gasteiger partial charge on any atom is -0.481 e. The second-order valence-corrected chi connectivity index (χ2v) is 5.51. The zero-order valence-corrected chi connectivity index (χ0v) is 14.1. The number of pyridine rings is 1. The molecule has 0 spiro atoms. The summed E-state index contributed by atoms with van der Waals surface area (Å²) >= 11 is 6.07. The van der Waals surface area contributed by atoms with Gasteiger partial charge in [-0.05, 0) is 25.1 Å². The predicted octanol–water partition coefficient (Wildman–Crippen LogP) is 4.10. The molecule has 0 aliphatic heterocycles. The Morgan fingerprint density at radius 1 is 1.32 bits per heavy atom. The van der Waals surface area contributed by atoms with Gasteiger partial charge in [-0.3, -0.25) is 4.79 Å². The number of aryl methyl sites for hydroxylation is 1. The van der Waals surface area contributed by atoms with E-state index in [-0.39, 0.29) is 27.6 Å². The van der Waals surface area contributed by atoms with Crippen molar-refractivity contribution in [3.05, 3.63) is 58.7 Å². The number of amides is 1. The molecule has 1 N–H and O–H groups in total. The highest BCUT2D eigenvalue weighted by molar-refractivity contribution is 6.33.